The van der Waals surface area contributed by atoms with Crippen LogP contribution in [0.2, 0.25) is 0 Å². The van der Waals surface area contributed by atoms with Crippen molar-refractivity contribution in [2.45, 2.75) is 32.7 Å². The van der Waals surface area contributed by atoms with E-state index in [1.807, 2.05) is 13.1 Å². The molecule has 4 nitrogen and oxygen atoms in total. The third-order valence-corrected chi connectivity index (χ3v) is 5.63. The Morgan fingerprint density at radius 2 is 1.75 bits per heavy atom. The Kier molecular flexibility index (Phi) is 5.50. The first-order valence-electron chi connectivity index (χ1n) is 10.2. The van der Waals surface area contributed by atoms with Crippen molar-refractivity contribution >= 4 is 0 Å². The third-order valence-electron chi connectivity index (χ3n) is 5.63. The largest absolute Gasteiger partial charge is 0.308 e. The van der Waals surface area contributed by atoms with Crippen LogP contribution in [0.15, 0.2) is 78.1 Å². The predicted octanol–water partition coefficient (Wildman–Crippen LogP) is 5.54. The Labute approximate surface area is 183 Å². The van der Waals surface area contributed by atoms with Crippen LogP contribution < -0.4 is 5.56 Å². The van der Waals surface area contributed by atoms with Gasteiger partial charge in [0.1, 0.15) is 5.82 Å². The smallest absolute Gasteiger partial charge is 0.303 e. The van der Waals surface area contributed by atoms with Crippen LogP contribution in [0.5, 0.6) is 0 Å². The molecule has 2 heterocycles. The van der Waals surface area contributed by atoms with E-state index in [2.05, 4.69) is 4.98 Å². The zero-order valence-electron chi connectivity index (χ0n) is 17.9. The van der Waals surface area contributed by atoms with Crippen molar-refractivity contribution in [2.24, 2.45) is 0 Å². The number of rotatable bonds is 5. The summed E-state index contributed by atoms with van der Waals surface area (Å²) in [6, 6.07) is 12.0. The second kappa shape index (κ2) is 8.15. The van der Waals surface area contributed by atoms with E-state index >= 15 is 8.78 Å². The van der Waals surface area contributed by atoms with E-state index in [4.69, 9.17) is 0 Å². The number of pyridine rings is 1. The van der Waals surface area contributed by atoms with Crippen molar-refractivity contribution in [1.82, 2.24) is 14.1 Å². The Morgan fingerprint density at radius 1 is 1.03 bits per heavy atom. The molecule has 0 aliphatic heterocycles. The van der Waals surface area contributed by atoms with E-state index < -0.39 is 28.9 Å². The molecular formula is C25H22F3N3O. The highest BCUT2D eigenvalue weighted by molar-refractivity contribution is 5.46. The lowest BCUT2D eigenvalue weighted by Crippen LogP contribution is -2.32. The molecule has 0 amide bonds. The Morgan fingerprint density at radius 3 is 2.38 bits per heavy atom. The molecule has 2 aromatic heterocycles. The fraction of sp³-hybridized carbons (Fsp3) is 0.200. The van der Waals surface area contributed by atoms with Crippen LogP contribution in [0.25, 0.3) is 5.69 Å². The molecule has 7 heteroatoms. The van der Waals surface area contributed by atoms with Crippen molar-refractivity contribution in [1.29, 1.82) is 0 Å². The molecule has 2 aromatic carbocycles. The molecule has 0 bridgehead atoms. The van der Waals surface area contributed by atoms with Gasteiger partial charge in [-0.15, -0.1) is 0 Å². The van der Waals surface area contributed by atoms with Crippen molar-refractivity contribution in [3.05, 3.63) is 117 Å². The van der Waals surface area contributed by atoms with Gasteiger partial charge in [-0.05, 0) is 68.3 Å². The number of imidazole rings is 1. The van der Waals surface area contributed by atoms with E-state index in [9.17, 15) is 9.18 Å². The summed E-state index contributed by atoms with van der Waals surface area (Å²) in [5.74, 6) is -3.89. The van der Waals surface area contributed by atoms with E-state index in [0.717, 1.165) is 17.4 Å². The van der Waals surface area contributed by atoms with Crippen LogP contribution in [-0.2, 0) is 5.92 Å². The minimum atomic E-state index is -3.49. The normalized spacial score (nSPS) is 12.7. The molecule has 0 saturated carbocycles. The van der Waals surface area contributed by atoms with Crippen LogP contribution in [0.1, 0.15) is 40.9 Å². The molecule has 0 aliphatic carbocycles. The van der Waals surface area contributed by atoms with Gasteiger partial charge in [0.2, 0.25) is 0 Å². The molecule has 1 unspecified atom stereocenters. The van der Waals surface area contributed by atoms with E-state index in [-0.39, 0.29) is 5.56 Å². The van der Waals surface area contributed by atoms with E-state index in [1.165, 1.54) is 53.2 Å². The first-order chi connectivity index (χ1) is 15.2. The highest BCUT2D eigenvalue weighted by Gasteiger charge is 2.37. The lowest BCUT2D eigenvalue weighted by molar-refractivity contribution is 0.0406. The summed E-state index contributed by atoms with van der Waals surface area (Å²) in [7, 11) is 0. The molecule has 4 rings (SSSR count). The first-order valence-corrected chi connectivity index (χ1v) is 10.2. The minimum absolute atomic E-state index is 0.264. The van der Waals surface area contributed by atoms with Gasteiger partial charge in [0.05, 0.1) is 23.6 Å². The van der Waals surface area contributed by atoms with Crippen molar-refractivity contribution in [3.8, 4) is 5.69 Å². The van der Waals surface area contributed by atoms with Gasteiger partial charge >= 0.3 is 5.92 Å². The minimum Gasteiger partial charge on any atom is -0.308 e. The number of alkyl halides is 2. The quantitative estimate of drug-likeness (QED) is 0.411. The summed E-state index contributed by atoms with van der Waals surface area (Å²) in [4.78, 5) is 17.2. The zero-order valence-corrected chi connectivity index (χ0v) is 17.9. The summed E-state index contributed by atoms with van der Waals surface area (Å²) < 4.78 is 47.2. The van der Waals surface area contributed by atoms with Crippen molar-refractivity contribution in [3.63, 3.8) is 0 Å². The molecule has 0 aliphatic rings. The number of nitrogens with zero attached hydrogens (tertiary/aromatic N) is 3. The lowest BCUT2D eigenvalue weighted by Gasteiger charge is -2.21. The molecule has 164 valence electrons. The first kappa shape index (κ1) is 21.6. The van der Waals surface area contributed by atoms with Gasteiger partial charge in [0.15, 0.2) is 0 Å². The Balaban J connectivity index is 1.73. The fourth-order valence-electron chi connectivity index (χ4n) is 3.80. The van der Waals surface area contributed by atoms with Crippen molar-refractivity contribution in [2.75, 3.05) is 0 Å². The summed E-state index contributed by atoms with van der Waals surface area (Å²) in [6.07, 6.45) is 4.90. The monoisotopic (exact) mass is 437 g/mol. The second-order valence-electron chi connectivity index (χ2n) is 7.86. The molecular weight excluding hydrogens is 415 g/mol. The lowest BCUT2D eigenvalue weighted by atomic mass is 9.98. The van der Waals surface area contributed by atoms with E-state index in [1.54, 1.807) is 30.8 Å². The molecule has 0 radical (unpaired) electrons. The summed E-state index contributed by atoms with van der Waals surface area (Å²) in [6.45, 7) is 5.30. The van der Waals surface area contributed by atoms with Crippen LogP contribution >= 0.6 is 0 Å². The van der Waals surface area contributed by atoms with Gasteiger partial charge in [-0.1, -0.05) is 18.2 Å². The second-order valence-corrected chi connectivity index (χ2v) is 7.86. The maximum Gasteiger partial charge on any atom is 0.303 e. The van der Waals surface area contributed by atoms with Crippen LogP contribution in [0.3, 0.4) is 0 Å². The number of halogens is 3. The molecule has 0 N–H and O–H groups in total. The number of aromatic nitrogens is 3. The molecule has 32 heavy (non-hydrogen) atoms. The van der Waals surface area contributed by atoms with E-state index in [0.29, 0.717) is 11.1 Å². The maximum absolute atomic E-state index is 15.5. The average molecular weight is 437 g/mol. The zero-order chi connectivity index (χ0) is 23.0. The molecule has 0 spiro atoms. The number of hydrogen-bond donors (Lipinski definition) is 0. The number of hydrogen-bond acceptors (Lipinski definition) is 2. The summed E-state index contributed by atoms with van der Waals surface area (Å²) in [5.41, 5.74) is 1.17. The topological polar surface area (TPSA) is 39.8 Å². The Hall–Kier alpha value is -3.61. The molecule has 0 saturated heterocycles. The SMILES string of the molecule is Cc1cn(-c2ccc(C(F)(F)c3cccn(C(C)c4ccc(F)cc4)c3=O)cc2C)cn1. The molecule has 1 atom stereocenters. The third kappa shape index (κ3) is 3.86. The van der Waals surface area contributed by atoms with Gasteiger partial charge in [0.25, 0.3) is 5.56 Å². The van der Waals surface area contributed by atoms with Gasteiger partial charge in [-0.3, -0.25) is 4.79 Å². The fourth-order valence-corrected chi connectivity index (χ4v) is 3.80. The number of aryl methyl sites for hydroxylation is 2. The van der Waals surface area contributed by atoms with Crippen LogP contribution in [-0.4, -0.2) is 14.1 Å². The molecule has 4 aromatic rings. The highest BCUT2D eigenvalue weighted by atomic mass is 19.3. The Bertz CT molecular complexity index is 1320. The van der Waals surface area contributed by atoms with Crippen molar-refractivity contribution < 1.29 is 13.2 Å². The summed E-state index contributed by atoms with van der Waals surface area (Å²) >= 11 is 0. The molecule has 0 fully saturated rings. The van der Waals surface area contributed by atoms with Crippen LogP contribution in [0.4, 0.5) is 13.2 Å². The van der Waals surface area contributed by atoms with Gasteiger partial charge in [-0.25, -0.2) is 9.37 Å². The predicted molar refractivity (Wildman–Crippen MR) is 117 cm³/mol. The van der Waals surface area contributed by atoms with Gasteiger partial charge < -0.3 is 9.13 Å². The number of benzene rings is 2. The highest BCUT2D eigenvalue weighted by Crippen LogP contribution is 2.35. The average Bonchev–Trinajstić information content (AvgIpc) is 3.19. The van der Waals surface area contributed by atoms with Crippen LogP contribution in [0, 0.1) is 19.7 Å². The summed E-state index contributed by atoms with van der Waals surface area (Å²) in [5, 5.41) is 0. The van der Waals surface area contributed by atoms with Gasteiger partial charge in [0, 0.05) is 23.6 Å². The van der Waals surface area contributed by atoms with Gasteiger partial charge in [-0.2, -0.15) is 8.78 Å². The maximum atomic E-state index is 15.5. The standard InChI is InChI=1S/C25H22F3N3O/c1-16-13-20(8-11-23(16)30-14-17(2)29-15-30)25(27,28)22-5-4-12-31(24(22)32)18(3)19-6-9-21(26)10-7-19/h4-15,18H,1-3H3.